The topological polar surface area (TPSA) is 173 Å². The molecule has 0 aromatic heterocycles. The van der Waals surface area contributed by atoms with Gasteiger partial charge in [-0.05, 0) is 38.5 Å². The van der Waals surface area contributed by atoms with Crippen LogP contribution in [0, 0.1) is 45.3 Å². The molecule has 232 valence electrons. The van der Waals surface area contributed by atoms with Gasteiger partial charge in [0.1, 0.15) is 35.4 Å². The molecule has 0 aliphatic heterocycles. The molecule has 0 aliphatic carbocycles. The molecule has 0 amide bonds. The van der Waals surface area contributed by atoms with Crippen LogP contribution in [0.4, 0.5) is 16.2 Å². The highest BCUT2D eigenvalue weighted by Crippen LogP contribution is 2.50. The van der Waals surface area contributed by atoms with Gasteiger partial charge in [0.25, 0.3) is 0 Å². The zero-order chi connectivity index (χ0) is 33.7. The fraction of sp³-hybridized carbons (Fsp3) is 0.485. The highest BCUT2D eigenvalue weighted by Gasteiger charge is 2.36. The van der Waals surface area contributed by atoms with Crippen molar-refractivity contribution < 1.29 is 23.7 Å². The summed E-state index contributed by atoms with van der Waals surface area (Å²) in [4.78, 5) is 13.6. The van der Waals surface area contributed by atoms with Crippen LogP contribution in [0.5, 0.6) is 23.0 Å². The van der Waals surface area contributed by atoms with Crippen molar-refractivity contribution in [3.8, 4) is 47.3 Å². The van der Waals surface area contributed by atoms with E-state index in [4.69, 9.17) is 18.9 Å². The molecule has 0 unspecified atom stereocenters. The summed E-state index contributed by atoms with van der Waals surface area (Å²) in [5.41, 5.74) is -0.0638. The lowest BCUT2D eigenvalue weighted by Crippen LogP contribution is -2.24. The van der Waals surface area contributed by atoms with Gasteiger partial charge in [0.05, 0.1) is 36.7 Å². The van der Waals surface area contributed by atoms with E-state index in [0.717, 1.165) is 0 Å². The quantitative estimate of drug-likeness (QED) is 0.236. The van der Waals surface area contributed by atoms with Crippen molar-refractivity contribution in [2.24, 2.45) is 0 Å². The Balaban J connectivity index is 2.97. The highest BCUT2D eigenvalue weighted by atomic mass is 16.7. The van der Waals surface area contributed by atoms with Crippen molar-refractivity contribution in [2.75, 3.05) is 24.9 Å². The second-order valence-corrected chi connectivity index (χ2v) is 12.7. The molecular formula is C33H40N6O5. The maximum absolute atomic E-state index is 13.6. The molecule has 0 atom stereocenters. The first kappa shape index (κ1) is 35.1. The zero-order valence-electron chi connectivity index (χ0n) is 27.5. The fourth-order valence-electron chi connectivity index (χ4n) is 4.91. The molecule has 0 radical (unpaired) electrons. The first-order valence-corrected chi connectivity index (χ1v) is 14.0. The number of nitriles is 4. The van der Waals surface area contributed by atoms with Gasteiger partial charge in [-0.2, -0.15) is 21.0 Å². The van der Waals surface area contributed by atoms with E-state index in [1.54, 1.807) is 0 Å². The molecular weight excluding hydrogens is 560 g/mol. The minimum absolute atomic E-state index is 0.0155. The summed E-state index contributed by atoms with van der Waals surface area (Å²) in [6.45, 7) is 18.5. The fourth-order valence-corrected chi connectivity index (χ4v) is 4.91. The molecule has 2 rings (SSSR count). The second-order valence-electron chi connectivity index (χ2n) is 12.7. The Hall–Kier alpha value is -5.13. The molecule has 0 saturated heterocycles. The van der Waals surface area contributed by atoms with E-state index in [1.807, 2.05) is 81.4 Å². The van der Waals surface area contributed by atoms with Gasteiger partial charge in [-0.1, -0.05) is 41.5 Å². The minimum atomic E-state index is -1.30. The first-order valence-electron chi connectivity index (χ1n) is 14.0. The molecule has 0 spiro atoms. The van der Waals surface area contributed by atoms with Gasteiger partial charge in [-0.15, -0.1) is 0 Å². The molecule has 0 aliphatic rings. The third-order valence-electron chi connectivity index (χ3n) is 6.41. The summed E-state index contributed by atoms with van der Waals surface area (Å²) in [5, 5.41) is 47.0. The van der Waals surface area contributed by atoms with Crippen LogP contribution >= 0.6 is 0 Å². The van der Waals surface area contributed by atoms with Crippen molar-refractivity contribution >= 4 is 17.5 Å². The number of methoxy groups -OCH3 is 2. The molecule has 2 aromatic carbocycles. The maximum atomic E-state index is 13.6. The molecule has 11 heteroatoms. The Kier molecular flexibility index (Phi) is 10.7. The number of anilines is 2. The van der Waals surface area contributed by atoms with Crippen LogP contribution in [-0.4, -0.2) is 32.5 Å². The summed E-state index contributed by atoms with van der Waals surface area (Å²) >= 11 is 0. The molecule has 2 aromatic rings. The Bertz CT molecular complexity index is 1500. The number of benzene rings is 2. The lowest BCUT2D eigenvalue weighted by molar-refractivity contribution is 0.148. The standard InChI is InChI=1S/C33H40N6O5/c1-17(2)38-25-19(13-34)23(32(5,6)7)29(41-11)27(21(25)15-36)43-31(40)44-28-22(16-37)26(39-18(3)4)20(14-35)24(30(28)42-12)33(8,9)10/h17-18,38-39H,1-12H3. The number of carbonyl (C=O) groups excluding carboxylic acids is 1. The van der Waals surface area contributed by atoms with E-state index in [-0.39, 0.29) is 68.7 Å². The molecule has 44 heavy (non-hydrogen) atoms. The number of hydrogen-bond acceptors (Lipinski definition) is 11. The summed E-state index contributed by atoms with van der Waals surface area (Å²) in [5.74, 6) is -0.479. The summed E-state index contributed by atoms with van der Waals surface area (Å²) < 4.78 is 22.7. The Morgan fingerprint density at radius 2 is 0.886 bits per heavy atom. The molecule has 0 heterocycles. The van der Waals surface area contributed by atoms with Crippen LogP contribution in [0.25, 0.3) is 0 Å². The molecule has 0 saturated carbocycles. The lowest BCUT2D eigenvalue weighted by Gasteiger charge is -2.29. The maximum Gasteiger partial charge on any atom is 0.519 e. The third kappa shape index (κ3) is 6.91. The van der Waals surface area contributed by atoms with Gasteiger partial charge in [0, 0.05) is 23.2 Å². The Morgan fingerprint density at radius 1 is 0.591 bits per heavy atom. The van der Waals surface area contributed by atoms with E-state index in [2.05, 4.69) is 22.8 Å². The number of carbonyl (C=O) groups is 1. The van der Waals surface area contributed by atoms with Crippen LogP contribution in [0.1, 0.15) is 103 Å². The van der Waals surface area contributed by atoms with E-state index >= 15 is 0 Å². The second kappa shape index (κ2) is 13.4. The Morgan fingerprint density at radius 3 is 1.09 bits per heavy atom. The first-order chi connectivity index (χ1) is 20.4. The van der Waals surface area contributed by atoms with Gasteiger partial charge < -0.3 is 29.6 Å². The van der Waals surface area contributed by atoms with Gasteiger partial charge in [0.2, 0.25) is 0 Å². The van der Waals surface area contributed by atoms with Crippen LogP contribution in [0.2, 0.25) is 0 Å². The largest absolute Gasteiger partial charge is 0.519 e. The number of rotatable bonds is 8. The molecule has 0 fully saturated rings. The number of nitrogens with one attached hydrogen (secondary N) is 2. The van der Waals surface area contributed by atoms with Crippen LogP contribution in [-0.2, 0) is 10.8 Å². The average molecular weight is 601 g/mol. The van der Waals surface area contributed by atoms with E-state index in [9.17, 15) is 25.8 Å². The molecule has 11 nitrogen and oxygen atoms in total. The van der Waals surface area contributed by atoms with E-state index in [0.29, 0.717) is 11.1 Å². The van der Waals surface area contributed by atoms with Crippen molar-refractivity contribution in [3.05, 3.63) is 33.4 Å². The van der Waals surface area contributed by atoms with E-state index in [1.165, 1.54) is 14.2 Å². The predicted octanol–water partition coefficient (Wildman–Crippen LogP) is 7.00. The minimum Gasteiger partial charge on any atom is -0.492 e. The van der Waals surface area contributed by atoms with Crippen molar-refractivity contribution in [1.29, 1.82) is 21.0 Å². The molecule has 2 N–H and O–H groups in total. The monoisotopic (exact) mass is 600 g/mol. The van der Waals surface area contributed by atoms with Gasteiger partial charge in [0.15, 0.2) is 23.0 Å². The summed E-state index contributed by atoms with van der Waals surface area (Å²) in [7, 11) is 2.69. The number of ether oxygens (including phenoxy) is 4. The third-order valence-corrected chi connectivity index (χ3v) is 6.41. The van der Waals surface area contributed by atoms with Gasteiger partial charge in [-0.25, -0.2) is 4.79 Å². The van der Waals surface area contributed by atoms with Crippen LogP contribution < -0.4 is 29.6 Å². The Labute approximate surface area is 259 Å². The summed E-state index contributed by atoms with van der Waals surface area (Å²) in [6.07, 6.45) is -1.30. The van der Waals surface area contributed by atoms with E-state index < -0.39 is 17.0 Å². The summed E-state index contributed by atoms with van der Waals surface area (Å²) in [6, 6.07) is 8.07. The average Bonchev–Trinajstić information content (AvgIpc) is 2.90. The van der Waals surface area contributed by atoms with Crippen molar-refractivity contribution in [3.63, 3.8) is 0 Å². The number of nitrogens with zero attached hydrogens (tertiary/aromatic N) is 4. The SMILES string of the molecule is COc1c(OC(=O)Oc2c(C#N)c(NC(C)C)c(C#N)c(C(C)(C)C)c2OC)c(C#N)c(NC(C)C)c(C#N)c1C(C)(C)C. The number of hydrogen-bond donors (Lipinski definition) is 2. The van der Waals surface area contributed by atoms with Gasteiger partial charge >= 0.3 is 6.16 Å². The van der Waals surface area contributed by atoms with Crippen molar-refractivity contribution in [1.82, 2.24) is 0 Å². The predicted molar refractivity (Wildman–Crippen MR) is 166 cm³/mol. The molecule has 0 bridgehead atoms. The van der Waals surface area contributed by atoms with Gasteiger partial charge in [-0.3, -0.25) is 0 Å². The van der Waals surface area contributed by atoms with Crippen LogP contribution in [0.15, 0.2) is 0 Å². The zero-order valence-corrected chi connectivity index (χ0v) is 27.5. The van der Waals surface area contributed by atoms with Crippen molar-refractivity contribution in [2.45, 2.75) is 92.2 Å². The smallest absolute Gasteiger partial charge is 0.492 e. The van der Waals surface area contributed by atoms with Crippen LogP contribution in [0.3, 0.4) is 0 Å². The lowest BCUT2D eigenvalue weighted by atomic mass is 9.81. The normalized spacial score (nSPS) is 11.1. The highest BCUT2D eigenvalue weighted by molar-refractivity contribution is 5.84.